The Kier molecular flexibility index (Phi) is 6.20. The van der Waals surface area contributed by atoms with Crippen molar-refractivity contribution in [1.29, 1.82) is 0 Å². The minimum atomic E-state index is 0.415. The van der Waals surface area contributed by atoms with Crippen LogP contribution in [0.25, 0.3) is 56.2 Å². The highest BCUT2D eigenvalue weighted by Crippen LogP contribution is 2.49. The summed E-state index contributed by atoms with van der Waals surface area (Å²) in [4.78, 5) is 6.92. The molecular formula is C38H30Br2N2. The van der Waals surface area contributed by atoms with Crippen molar-refractivity contribution >= 4 is 65.8 Å². The smallest absolute Gasteiger partial charge is 0.0460 e. The van der Waals surface area contributed by atoms with Gasteiger partial charge in [0.1, 0.15) is 0 Å². The Labute approximate surface area is 262 Å². The number of aromatic nitrogens is 2. The Balaban J connectivity index is 1.12. The molecule has 2 heterocycles. The van der Waals surface area contributed by atoms with Gasteiger partial charge in [0, 0.05) is 66.1 Å². The van der Waals surface area contributed by atoms with Crippen LogP contribution >= 0.6 is 31.9 Å². The Bertz CT molecular complexity index is 1950. The molecule has 42 heavy (non-hydrogen) atoms. The first kappa shape index (κ1) is 26.1. The first-order chi connectivity index (χ1) is 20.5. The van der Waals surface area contributed by atoms with Crippen LogP contribution in [0.5, 0.6) is 0 Å². The largest absolute Gasteiger partial charge is 0.361 e. The van der Waals surface area contributed by atoms with Crippen LogP contribution in [-0.4, -0.2) is 9.97 Å². The third-order valence-corrected chi connectivity index (χ3v) is 10.8. The molecule has 6 aromatic rings. The van der Waals surface area contributed by atoms with E-state index < -0.39 is 0 Å². The van der Waals surface area contributed by atoms with E-state index in [9.17, 15) is 0 Å². The number of allylic oxidation sites excluding steroid dienone is 2. The van der Waals surface area contributed by atoms with E-state index in [0.29, 0.717) is 11.8 Å². The summed E-state index contributed by atoms with van der Waals surface area (Å²) < 4.78 is 2.36. The van der Waals surface area contributed by atoms with Gasteiger partial charge in [-0.1, -0.05) is 91.6 Å². The van der Waals surface area contributed by atoms with E-state index in [1.54, 1.807) is 0 Å². The van der Waals surface area contributed by atoms with E-state index in [0.717, 1.165) is 12.8 Å². The zero-order valence-electron chi connectivity index (χ0n) is 23.6. The number of halogens is 2. The molecule has 2 atom stereocenters. The van der Waals surface area contributed by atoms with Crippen LogP contribution in [0, 0.1) is 0 Å². The van der Waals surface area contributed by atoms with Gasteiger partial charge in [-0.15, -0.1) is 0 Å². The fraction of sp³-hybridized carbons (Fsp3) is 0.158. The van der Waals surface area contributed by atoms with Gasteiger partial charge in [0.15, 0.2) is 0 Å². The van der Waals surface area contributed by atoms with E-state index in [4.69, 9.17) is 0 Å². The van der Waals surface area contributed by atoms with Crippen LogP contribution in [0.1, 0.15) is 60.8 Å². The normalized spacial score (nSPS) is 17.5. The second-order valence-corrected chi connectivity index (χ2v) is 13.6. The number of benzene rings is 4. The van der Waals surface area contributed by atoms with E-state index in [2.05, 4.69) is 153 Å². The zero-order chi connectivity index (χ0) is 28.5. The summed E-state index contributed by atoms with van der Waals surface area (Å²) in [5, 5.41) is 2.53. The number of aromatic amines is 2. The number of nitrogens with one attached hydrogen (secondary N) is 2. The van der Waals surface area contributed by atoms with E-state index >= 15 is 0 Å². The van der Waals surface area contributed by atoms with E-state index in [1.807, 2.05) is 0 Å². The summed E-state index contributed by atoms with van der Waals surface area (Å²) in [6.45, 7) is 4.61. The molecule has 0 bridgehead atoms. The second-order valence-electron chi connectivity index (χ2n) is 11.9. The molecule has 4 heteroatoms. The predicted octanol–water partition coefficient (Wildman–Crippen LogP) is 12.0. The molecule has 2 N–H and O–H groups in total. The van der Waals surface area contributed by atoms with Gasteiger partial charge in [0.25, 0.3) is 0 Å². The molecule has 0 fully saturated rings. The molecule has 2 unspecified atom stereocenters. The van der Waals surface area contributed by atoms with Crippen LogP contribution in [-0.2, 0) is 0 Å². The molecule has 0 saturated carbocycles. The van der Waals surface area contributed by atoms with E-state index in [1.165, 1.54) is 86.4 Å². The molecule has 2 aliphatic rings. The molecule has 0 aliphatic heterocycles. The molecule has 0 spiro atoms. The van der Waals surface area contributed by atoms with Gasteiger partial charge in [-0.2, -0.15) is 0 Å². The van der Waals surface area contributed by atoms with Gasteiger partial charge in [0.2, 0.25) is 0 Å². The van der Waals surface area contributed by atoms with Crippen molar-refractivity contribution < 1.29 is 0 Å². The second kappa shape index (κ2) is 10.00. The van der Waals surface area contributed by atoms with Crippen molar-refractivity contribution in [3.05, 3.63) is 128 Å². The van der Waals surface area contributed by atoms with Crippen molar-refractivity contribution in [1.82, 2.24) is 9.97 Å². The number of para-hydroxylation sites is 2. The zero-order valence-corrected chi connectivity index (χ0v) is 26.7. The molecule has 2 nitrogen and oxygen atoms in total. The highest BCUT2D eigenvalue weighted by atomic mass is 79.9. The summed E-state index contributed by atoms with van der Waals surface area (Å²) >= 11 is 7.86. The van der Waals surface area contributed by atoms with Crippen LogP contribution in [0.3, 0.4) is 0 Å². The molecule has 2 aromatic heterocycles. The molecule has 8 rings (SSSR count). The maximum atomic E-state index is 3.93. The van der Waals surface area contributed by atoms with Crippen molar-refractivity contribution in [2.45, 2.75) is 38.5 Å². The summed E-state index contributed by atoms with van der Waals surface area (Å²) in [5.41, 5.74) is 15.9. The Morgan fingerprint density at radius 1 is 0.595 bits per heavy atom. The van der Waals surface area contributed by atoms with Crippen LogP contribution in [0.4, 0.5) is 0 Å². The molecular weight excluding hydrogens is 644 g/mol. The van der Waals surface area contributed by atoms with Gasteiger partial charge >= 0.3 is 0 Å². The topological polar surface area (TPSA) is 31.6 Å². The third kappa shape index (κ3) is 4.11. The van der Waals surface area contributed by atoms with Crippen LogP contribution < -0.4 is 0 Å². The van der Waals surface area contributed by atoms with E-state index in [-0.39, 0.29) is 0 Å². The van der Waals surface area contributed by atoms with Gasteiger partial charge in [-0.25, -0.2) is 0 Å². The van der Waals surface area contributed by atoms with Crippen molar-refractivity contribution in [2.75, 3.05) is 0 Å². The molecule has 2 aliphatic carbocycles. The van der Waals surface area contributed by atoms with Gasteiger partial charge < -0.3 is 9.97 Å². The summed E-state index contributed by atoms with van der Waals surface area (Å²) in [5.74, 6) is 0.831. The monoisotopic (exact) mass is 672 g/mol. The number of rotatable bonds is 5. The quantitative estimate of drug-likeness (QED) is 0.182. The first-order valence-corrected chi connectivity index (χ1v) is 16.2. The fourth-order valence-corrected chi connectivity index (χ4v) is 8.52. The minimum Gasteiger partial charge on any atom is -0.361 e. The lowest BCUT2D eigenvalue weighted by molar-refractivity contribution is 0.611. The van der Waals surface area contributed by atoms with Crippen LogP contribution in [0.2, 0.25) is 0 Å². The van der Waals surface area contributed by atoms with Crippen LogP contribution in [0.15, 0.2) is 105 Å². The molecule has 0 amide bonds. The average molecular weight is 674 g/mol. The molecule has 0 saturated heterocycles. The Morgan fingerprint density at radius 3 is 1.48 bits per heavy atom. The predicted molar refractivity (Wildman–Crippen MR) is 185 cm³/mol. The van der Waals surface area contributed by atoms with Gasteiger partial charge in [-0.3, -0.25) is 0 Å². The van der Waals surface area contributed by atoms with Crippen molar-refractivity contribution in [2.24, 2.45) is 0 Å². The number of H-pyrrole nitrogens is 2. The summed E-state index contributed by atoms with van der Waals surface area (Å²) in [6.07, 6.45) is 11.3. The third-order valence-electron chi connectivity index (χ3n) is 9.46. The maximum Gasteiger partial charge on any atom is 0.0460 e. The molecule has 0 radical (unpaired) electrons. The highest BCUT2D eigenvalue weighted by Gasteiger charge is 2.30. The van der Waals surface area contributed by atoms with Gasteiger partial charge in [-0.05, 0) is 96.5 Å². The summed E-state index contributed by atoms with van der Waals surface area (Å²) in [6, 6.07) is 26.6. The number of hydrogen-bond donors (Lipinski definition) is 2. The Morgan fingerprint density at radius 2 is 1.02 bits per heavy atom. The number of fused-ring (bicyclic) bond motifs is 4. The lowest BCUT2D eigenvalue weighted by Gasteiger charge is -2.21. The highest BCUT2D eigenvalue weighted by molar-refractivity contribution is 9.10. The lowest BCUT2D eigenvalue weighted by atomic mass is 9.83. The first-order valence-electron chi connectivity index (χ1n) is 14.6. The van der Waals surface area contributed by atoms with Crippen molar-refractivity contribution in [3.8, 4) is 22.3 Å². The Hall–Kier alpha value is -3.60. The molecule has 4 aromatic carbocycles. The minimum absolute atomic E-state index is 0.415. The van der Waals surface area contributed by atoms with Gasteiger partial charge in [0.05, 0.1) is 0 Å². The summed E-state index contributed by atoms with van der Waals surface area (Å²) in [7, 11) is 0. The standard InChI is InChI=1S/C38H30Br2N2/c1-21-13-31-29(15-23(17-35(31)39)33-19-41-37-9-5-3-7-27(33)37)25(21)11-12-26-22(2)14-32-30(26)16-24(18-36(32)40)34-20-42-38-10-6-4-8-28(34)38/h3-10,13-20,25-26,41-42H,11-12H2,1-2H3. The average Bonchev–Trinajstić information content (AvgIpc) is 3.75. The molecule has 206 valence electrons. The fourth-order valence-electron chi connectivity index (χ4n) is 7.34. The van der Waals surface area contributed by atoms with Crippen molar-refractivity contribution in [3.63, 3.8) is 0 Å². The number of hydrogen-bond acceptors (Lipinski definition) is 0. The lowest BCUT2D eigenvalue weighted by Crippen LogP contribution is -2.04. The maximum absolute atomic E-state index is 3.93. The SMILES string of the molecule is CC1=Cc2c(Br)cc(-c3c[nH]c4ccccc34)cc2C1CCC1C(C)=Cc2c(Br)cc(-c3c[nH]c4ccccc34)cc21.